The van der Waals surface area contributed by atoms with Crippen molar-refractivity contribution in [2.45, 2.75) is 25.3 Å². The Bertz CT molecular complexity index is 1160. The highest BCUT2D eigenvalue weighted by Crippen LogP contribution is 2.32. The molecule has 1 aliphatic rings. The zero-order valence-electron chi connectivity index (χ0n) is 16.9. The number of amides is 1. The molecule has 0 radical (unpaired) electrons. The van der Waals surface area contributed by atoms with E-state index in [0.29, 0.717) is 37.3 Å². The Hall–Kier alpha value is -3.02. The van der Waals surface area contributed by atoms with Crippen LogP contribution in [0.3, 0.4) is 0 Å². The third-order valence-corrected chi connectivity index (χ3v) is 6.12. The zero-order valence-corrected chi connectivity index (χ0v) is 18.4. The second-order valence-corrected chi connectivity index (χ2v) is 8.31. The summed E-state index contributed by atoms with van der Waals surface area (Å²) in [6, 6.07) is 15.8. The van der Waals surface area contributed by atoms with Crippen LogP contribution < -0.4 is 5.32 Å². The molecule has 0 unspecified atom stereocenters. The highest BCUT2D eigenvalue weighted by Gasteiger charge is 2.36. The van der Waals surface area contributed by atoms with Gasteiger partial charge in [0.25, 0.3) is 5.91 Å². The largest absolute Gasteiger partial charge is 0.381 e. The summed E-state index contributed by atoms with van der Waals surface area (Å²) >= 11 is 3.54. The van der Waals surface area contributed by atoms with Crippen LogP contribution in [0, 0.1) is 24.1 Å². The molecule has 0 spiro atoms. The zero-order chi connectivity index (χ0) is 22.0. The van der Waals surface area contributed by atoms with Crippen molar-refractivity contribution in [2.75, 3.05) is 13.2 Å². The molecule has 8 heteroatoms. The van der Waals surface area contributed by atoms with Gasteiger partial charge in [0, 0.05) is 41.7 Å². The SMILES string of the molecule is Cc1c(C(=O)NC2(C#N)CCOCC2)nn(-c2ccccc2Br)c1-c1ccc(F)cc1. The van der Waals surface area contributed by atoms with Gasteiger partial charge in [0.05, 0.1) is 17.5 Å². The summed E-state index contributed by atoms with van der Waals surface area (Å²) in [5.41, 5.74) is 2.02. The second kappa shape index (κ2) is 8.61. The lowest BCUT2D eigenvalue weighted by Gasteiger charge is -2.31. The molecule has 1 fully saturated rings. The van der Waals surface area contributed by atoms with Gasteiger partial charge in [0.1, 0.15) is 11.4 Å². The number of benzene rings is 2. The van der Waals surface area contributed by atoms with E-state index in [0.717, 1.165) is 15.7 Å². The fourth-order valence-corrected chi connectivity index (χ4v) is 4.17. The second-order valence-electron chi connectivity index (χ2n) is 7.45. The van der Waals surface area contributed by atoms with Gasteiger partial charge >= 0.3 is 0 Å². The highest BCUT2D eigenvalue weighted by molar-refractivity contribution is 9.10. The molecule has 0 atom stereocenters. The van der Waals surface area contributed by atoms with Crippen molar-refractivity contribution >= 4 is 21.8 Å². The van der Waals surface area contributed by atoms with Gasteiger partial charge < -0.3 is 10.1 Å². The van der Waals surface area contributed by atoms with Gasteiger partial charge in [-0.25, -0.2) is 9.07 Å². The lowest BCUT2D eigenvalue weighted by atomic mass is 9.91. The van der Waals surface area contributed by atoms with E-state index in [1.54, 1.807) is 23.7 Å². The molecule has 1 N–H and O–H groups in total. The quantitative estimate of drug-likeness (QED) is 0.591. The van der Waals surface area contributed by atoms with Crippen LogP contribution in [0.25, 0.3) is 16.9 Å². The molecule has 0 aliphatic carbocycles. The molecule has 1 aromatic heterocycles. The predicted molar refractivity (Wildman–Crippen MR) is 117 cm³/mol. The molecular weight excluding hydrogens is 463 g/mol. The molecule has 2 aromatic carbocycles. The Morgan fingerprint density at radius 2 is 1.90 bits per heavy atom. The van der Waals surface area contributed by atoms with E-state index < -0.39 is 11.4 Å². The molecule has 4 rings (SSSR count). The average molecular weight is 483 g/mol. The molecule has 2 heterocycles. The number of ether oxygens (including phenoxy) is 1. The Balaban J connectivity index is 1.82. The van der Waals surface area contributed by atoms with Gasteiger partial charge in [-0.1, -0.05) is 12.1 Å². The van der Waals surface area contributed by atoms with E-state index in [1.165, 1.54) is 12.1 Å². The fraction of sp³-hybridized carbons (Fsp3) is 0.261. The van der Waals surface area contributed by atoms with Crippen molar-refractivity contribution < 1.29 is 13.9 Å². The minimum Gasteiger partial charge on any atom is -0.381 e. The molecule has 1 amide bonds. The number of carbonyl (C=O) groups excluding carboxylic acids is 1. The first-order valence-corrected chi connectivity index (χ1v) is 10.7. The average Bonchev–Trinajstić information content (AvgIpc) is 3.12. The number of rotatable bonds is 4. The van der Waals surface area contributed by atoms with E-state index >= 15 is 0 Å². The van der Waals surface area contributed by atoms with Gasteiger partial charge in [-0.15, -0.1) is 0 Å². The van der Waals surface area contributed by atoms with E-state index in [4.69, 9.17) is 4.74 Å². The Kier molecular flexibility index (Phi) is 5.90. The molecular formula is C23H20BrFN4O2. The molecule has 3 aromatic rings. The van der Waals surface area contributed by atoms with Gasteiger partial charge in [0.2, 0.25) is 0 Å². The number of hydrogen-bond donors (Lipinski definition) is 1. The van der Waals surface area contributed by atoms with E-state index in [9.17, 15) is 14.4 Å². The van der Waals surface area contributed by atoms with Crippen LogP contribution >= 0.6 is 15.9 Å². The van der Waals surface area contributed by atoms with Crippen molar-refractivity contribution in [1.82, 2.24) is 15.1 Å². The molecule has 6 nitrogen and oxygen atoms in total. The topological polar surface area (TPSA) is 79.9 Å². The molecule has 0 bridgehead atoms. The van der Waals surface area contributed by atoms with Crippen LogP contribution in [-0.4, -0.2) is 34.4 Å². The van der Waals surface area contributed by atoms with Crippen molar-refractivity contribution in [3.8, 4) is 23.0 Å². The molecule has 1 aliphatic heterocycles. The maximum atomic E-state index is 13.5. The summed E-state index contributed by atoms with van der Waals surface area (Å²) in [6.07, 6.45) is 0.841. The van der Waals surface area contributed by atoms with Crippen LogP contribution in [-0.2, 0) is 4.74 Å². The van der Waals surface area contributed by atoms with Crippen molar-refractivity contribution in [3.63, 3.8) is 0 Å². The summed E-state index contributed by atoms with van der Waals surface area (Å²) in [5.74, 6) is -0.767. The maximum absolute atomic E-state index is 13.5. The van der Waals surface area contributed by atoms with E-state index in [1.807, 2.05) is 24.3 Å². The summed E-state index contributed by atoms with van der Waals surface area (Å²) in [7, 11) is 0. The number of carbonyl (C=O) groups is 1. The number of para-hydroxylation sites is 1. The Labute approximate surface area is 187 Å². The number of aromatic nitrogens is 2. The van der Waals surface area contributed by atoms with Crippen molar-refractivity contribution in [1.29, 1.82) is 5.26 Å². The smallest absolute Gasteiger partial charge is 0.273 e. The predicted octanol–water partition coefficient (Wildman–Crippen LogP) is 4.55. The van der Waals surface area contributed by atoms with E-state index in [2.05, 4.69) is 32.4 Å². The third kappa shape index (κ3) is 4.11. The maximum Gasteiger partial charge on any atom is 0.273 e. The Morgan fingerprint density at radius 1 is 1.23 bits per heavy atom. The number of hydrogen-bond acceptors (Lipinski definition) is 4. The standard InChI is InChI=1S/C23H20BrFN4O2/c1-15-20(22(30)27-23(14-26)10-12-31-13-11-23)28-29(19-5-3-2-4-18(19)24)21(15)16-6-8-17(25)9-7-16/h2-9H,10-13H2,1H3,(H,27,30). The summed E-state index contributed by atoms with van der Waals surface area (Å²) in [4.78, 5) is 13.2. The number of nitrogens with one attached hydrogen (secondary N) is 1. The lowest BCUT2D eigenvalue weighted by Crippen LogP contribution is -2.51. The minimum absolute atomic E-state index is 0.219. The monoisotopic (exact) mass is 482 g/mol. The minimum atomic E-state index is -0.977. The summed E-state index contributed by atoms with van der Waals surface area (Å²) in [5, 5.41) is 17.2. The lowest BCUT2D eigenvalue weighted by molar-refractivity contribution is 0.0529. The molecule has 1 saturated heterocycles. The van der Waals surface area contributed by atoms with Crippen LogP contribution in [0.15, 0.2) is 53.0 Å². The summed E-state index contributed by atoms with van der Waals surface area (Å²) < 4.78 is 21.3. The van der Waals surface area contributed by atoms with Crippen molar-refractivity contribution in [2.24, 2.45) is 0 Å². The molecule has 158 valence electrons. The van der Waals surface area contributed by atoms with Crippen LogP contribution in [0.5, 0.6) is 0 Å². The van der Waals surface area contributed by atoms with Crippen molar-refractivity contribution in [3.05, 3.63) is 70.1 Å². The summed E-state index contributed by atoms with van der Waals surface area (Å²) in [6.45, 7) is 2.63. The first-order chi connectivity index (χ1) is 14.9. The van der Waals surface area contributed by atoms with Gasteiger partial charge in [-0.2, -0.15) is 10.4 Å². The fourth-order valence-electron chi connectivity index (χ4n) is 3.72. The van der Waals surface area contributed by atoms with Crippen LogP contribution in [0.4, 0.5) is 4.39 Å². The third-order valence-electron chi connectivity index (χ3n) is 5.45. The Morgan fingerprint density at radius 3 is 2.55 bits per heavy atom. The van der Waals surface area contributed by atoms with Gasteiger partial charge in [-0.3, -0.25) is 4.79 Å². The van der Waals surface area contributed by atoms with Crippen LogP contribution in [0.2, 0.25) is 0 Å². The number of nitrogens with zero attached hydrogens (tertiary/aromatic N) is 3. The first kappa shape index (κ1) is 21.2. The first-order valence-electron chi connectivity index (χ1n) is 9.86. The normalized spacial score (nSPS) is 15.3. The van der Waals surface area contributed by atoms with E-state index in [-0.39, 0.29) is 11.5 Å². The molecule has 0 saturated carbocycles. The van der Waals surface area contributed by atoms with Gasteiger partial charge in [-0.05, 0) is 59.3 Å². The van der Waals surface area contributed by atoms with Gasteiger partial charge in [0.15, 0.2) is 5.69 Å². The number of nitriles is 1. The number of halogens is 2. The van der Waals surface area contributed by atoms with Crippen LogP contribution in [0.1, 0.15) is 28.9 Å². The highest BCUT2D eigenvalue weighted by atomic mass is 79.9. The molecule has 31 heavy (non-hydrogen) atoms.